The Morgan fingerprint density at radius 3 is 0.857 bits per heavy atom. The molecular formula is C64H110O6. The molecule has 0 unspecified atom stereocenters. The van der Waals surface area contributed by atoms with Gasteiger partial charge >= 0.3 is 17.9 Å². The fraction of sp³-hybridized carbons (Fsp3) is 0.734. The highest BCUT2D eigenvalue weighted by Crippen LogP contribution is 2.15. The van der Waals surface area contributed by atoms with E-state index in [9.17, 15) is 14.4 Å². The molecule has 0 saturated carbocycles. The molecular weight excluding hydrogens is 865 g/mol. The van der Waals surface area contributed by atoms with Crippen molar-refractivity contribution in [2.45, 2.75) is 290 Å². The van der Waals surface area contributed by atoms with Gasteiger partial charge in [0.15, 0.2) is 6.10 Å². The van der Waals surface area contributed by atoms with Gasteiger partial charge in [0.05, 0.1) is 0 Å². The standard InChI is InChI=1S/C64H110O6/c1-4-7-10-13-16-19-22-25-28-30-32-34-36-39-42-45-48-51-54-57-63(66)69-60-61(59-68-62(65)56-53-50-47-44-41-38-27-24-21-18-15-12-9-6-3)70-64(67)58-55-52-49-46-43-40-37-35-33-31-29-26-23-20-17-14-11-8-5-2/h16-17,19-20,24-29,32,34,39,42,61H,4-15,18,21-23,30-31,33,35-38,40-41,43-60H2,1-3H3/b19-16+,20-17+,27-24+,28-25+,29-26+,34-32+,42-39+/t61-/m1/s1. The summed E-state index contributed by atoms with van der Waals surface area (Å²) >= 11 is 0. The fourth-order valence-corrected chi connectivity index (χ4v) is 8.10. The minimum absolute atomic E-state index is 0.0926. The van der Waals surface area contributed by atoms with Crippen molar-refractivity contribution >= 4 is 17.9 Å². The van der Waals surface area contributed by atoms with Gasteiger partial charge in [-0.05, 0) is 122 Å². The van der Waals surface area contributed by atoms with Crippen LogP contribution in [0.4, 0.5) is 0 Å². The summed E-state index contributed by atoms with van der Waals surface area (Å²) in [6.45, 7) is 6.56. The van der Waals surface area contributed by atoms with E-state index in [0.717, 1.165) is 96.3 Å². The molecule has 0 aliphatic rings. The Labute approximate surface area is 433 Å². The van der Waals surface area contributed by atoms with Crippen LogP contribution in [-0.4, -0.2) is 37.2 Å². The van der Waals surface area contributed by atoms with Crippen LogP contribution in [0.1, 0.15) is 284 Å². The zero-order valence-electron chi connectivity index (χ0n) is 46.0. The Hall–Kier alpha value is -3.41. The molecule has 0 heterocycles. The molecule has 402 valence electrons. The number of hydrogen-bond acceptors (Lipinski definition) is 6. The highest BCUT2D eigenvalue weighted by molar-refractivity contribution is 5.71. The zero-order chi connectivity index (χ0) is 50.7. The summed E-state index contributed by atoms with van der Waals surface area (Å²) in [6, 6.07) is 0. The Bertz CT molecular complexity index is 1350. The van der Waals surface area contributed by atoms with E-state index in [1.807, 2.05) is 0 Å². The summed E-state index contributed by atoms with van der Waals surface area (Å²) < 4.78 is 16.9. The molecule has 6 heteroatoms. The smallest absolute Gasteiger partial charge is 0.306 e. The van der Waals surface area contributed by atoms with Crippen molar-refractivity contribution in [2.75, 3.05) is 13.2 Å². The highest BCUT2D eigenvalue weighted by Gasteiger charge is 2.19. The van der Waals surface area contributed by atoms with Gasteiger partial charge in [-0.15, -0.1) is 0 Å². The highest BCUT2D eigenvalue weighted by atomic mass is 16.6. The Morgan fingerprint density at radius 2 is 0.514 bits per heavy atom. The van der Waals surface area contributed by atoms with Crippen molar-refractivity contribution in [3.05, 3.63) is 85.1 Å². The lowest BCUT2D eigenvalue weighted by Crippen LogP contribution is -2.30. The largest absolute Gasteiger partial charge is 0.462 e. The van der Waals surface area contributed by atoms with E-state index in [0.29, 0.717) is 19.3 Å². The van der Waals surface area contributed by atoms with Gasteiger partial charge in [-0.2, -0.15) is 0 Å². The van der Waals surface area contributed by atoms with E-state index in [1.165, 1.54) is 148 Å². The van der Waals surface area contributed by atoms with Gasteiger partial charge in [0.25, 0.3) is 0 Å². The lowest BCUT2D eigenvalue weighted by Gasteiger charge is -2.18. The molecule has 0 aromatic carbocycles. The summed E-state index contributed by atoms with van der Waals surface area (Å²) in [5.41, 5.74) is 0. The van der Waals surface area contributed by atoms with Crippen LogP contribution in [0.25, 0.3) is 0 Å². The quantitative estimate of drug-likeness (QED) is 0.0261. The molecule has 0 N–H and O–H groups in total. The second kappa shape index (κ2) is 58.2. The molecule has 6 nitrogen and oxygen atoms in total. The van der Waals surface area contributed by atoms with E-state index in [4.69, 9.17) is 14.2 Å². The molecule has 0 rings (SSSR count). The molecule has 0 aliphatic carbocycles. The predicted octanol–water partition coefficient (Wildman–Crippen LogP) is 19.9. The Kier molecular flexibility index (Phi) is 55.3. The fourth-order valence-electron chi connectivity index (χ4n) is 8.10. The molecule has 70 heavy (non-hydrogen) atoms. The van der Waals surface area contributed by atoms with Gasteiger partial charge in [0.1, 0.15) is 13.2 Å². The molecule has 0 bridgehead atoms. The molecule has 0 fully saturated rings. The van der Waals surface area contributed by atoms with Gasteiger partial charge < -0.3 is 14.2 Å². The summed E-state index contributed by atoms with van der Waals surface area (Å²) in [5, 5.41) is 0. The van der Waals surface area contributed by atoms with Crippen molar-refractivity contribution in [2.24, 2.45) is 0 Å². The first kappa shape index (κ1) is 66.6. The average molecular weight is 976 g/mol. The first-order chi connectivity index (χ1) is 34.5. The molecule has 0 saturated heterocycles. The van der Waals surface area contributed by atoms with Gasteiger partial charge in [0.2, 0.25) is 0 Å². The maximum Gasteiger partial charge on any atom is 0.306 e. The van der Waals surface area contributed by atoms with Crippen LogP contribution >= 0.6 is 0 Å². The number of carbonyl (C=O) groups is 3. The number of hydrogen-bond donors (Lipinski definition) is 0. The molecule has 1 atom stereocenters. The maximum atomic E-state index is 12.9. The third-order valence-electron chi connectivity index (χ3n) is 12.6. The van der Waals surface area contributed by atoms with Crippen molar-refractivity contribution < 1.29 is 28.6 Å². The number of ether oxygens (including phenoxy) is 3. The predicted molar refractivity (Wildman–Crippen MR) is 302 cm³/mol. The van der Waals surface area contributed by atoms with Crippen molar-refractivity contribution in [1.29, 1.82) is 0 Å². The summed E-state index contributed by atoms with van der Waals surface area (Å²) in [5.74, 6) is -0.930. The number of allylic oxidation sites excluding steroid dienone is 14. The number of rotatable bonds is 53. The SMILES string of the molecule is CCCCC/C=C/C/C=C/C/C=C/C/C=C/CCCCCC(=O)OC[C@@H](COC(=O)CCCCCCC/C=C/CCCCCCC)OC(=O)CCCCCCCCCCC/C=C/C/C=C/CCCCC. The lowest BCUT2D eigenvalue weighted by molar-refractivity contribution is -0.167. The number of carbonyl (C=O) groups excluding carboxylic acids is 3. The zero-order valence-corrected chi connectivity index (χ0v) is 46.0. The van der Waals surface area contributed by atoms with Crippen molar-refractivity contribution in [3.8, 4) is 0 Å². The Balaban J connectivity index is 4.45. The average Bonchev–Trinajstić information content (AvgIpc) is 3.36. The Morgan fingerprint density at radius 1 is 0.286 bits per heavy atom. The molecule has 0 aromatic rings. The van der Waals surface area contributed by atoms with Crippen LogP contribution in [0.2, 0.25) is 0 Å². The second-order valence-corrected chi connectivity index (χ2v) is 19.5. The third-order valence-corrected chi connectivity index (χ3v) is 12.6. The lowest BCUT2D eigenvalue weighted by atomic mass is 10.1. The topological polar surface area (TPSA) is 78.9 Å². The van der Waals surface area contributed by atoms with Crippen molar-refractivity contribution in [1.82, 2.24) is 0 Å². The van der Waals surface area contributed by atoms with E-state index in [2.05, 4.69) is 106 Å². The maximum absolute atomic E-state index is 12.9. The van der Waals surface area contributed by atoms with E-state index in [1.54, 1.807) is 0 Å². The molecule has 0 aliphatic heterocycles. The summed E-state index contributed by atoms with van der Waals surface area (Å²) in [4.78, 5) is 38.2. The van der Waals surface area contributed by atoms with Gasteiger partial charge in [0, 0.05) is 19.3 Å². The minimum Gasteiger partial charge on any atom is -0.462 e. The van der Waals surface area contributed by atoms with E-state index < -0.39 is 6.10 Å². The number of esters is 3. The van der Waals surface area contributed by atoms with Gasteiger partial charge in [-0.3, -0.25) is 14.4 Å². The van der Waals surface area contributed by atoms with E-state index in [-0.39, 0.29) is 31.1 Å². The monoisotopic (exact) mass is 975 g/mol. The second-order valence-electron chi connectivity index (χ2n) is 19.5. The van der Waals surface area contributed by atoms with Crippen LogP contribution in [0, 0.1) is 0 Å². The first-order valence-electron chi connectivity index (χ1n) is 29.6. The minimum atomic E-state index is -0.796. The summed E-state index contributed by atoms with van der Waals surface area (Å²) in [7, 11) is 0. The summed E-state index contributed by atoms with van der Waals surface area (Å²) in [6.07, 6.45) is 75.7. The van der Waals surface area contributed by atoms with Crippen molar-refractivity contribution in [3.63, 3.8) is 0 Å². The van der Waals surface area contributed by atoms with Gasteiger partial charge in [-0.25, -0.2) is 0 Å². The number of unbranched alkanes of at least 4 members (excludes halogenated alkanes) is 28. The normalized spacial score (nSPS) is 12.7. The van der Waals surface area contributed by atoms with Crippen LogP contribution < -0.4 is 0 Å². The molecule has 0 amide bonds. The molecule has 0 aromatic heterocycles. The van der Waals surface area contributed by atoms with Crippen LogP contribution in [0.15, 0.2) is 85.1 Å². The molecule has 0 radical (unpaired) electrons. The van der Waals surface area contributed by atoms with Gasteiger partial charge in [-0.1, -0.05) is 228 Å². The molecule has 0 spiro atoms. The van der Waals surface area contributed by atoms with Crippen LogP contribution in [0.3, 0.4) is 0 Å². The van der Waals surface area contributed by atoms with E-state index >= 15 is 0 Å². The van der Waals surface area contributed by atoms with Crippen LogP contribution in [-0.2, 0) is 28.6 Å². The first-order valence-corrected chi connectivity index (χ1v) is 29.6. The van der Waals surface area contributed by atoms with Crippen LogP contribution in [0.5, 0.6) is 0 Å². The third kappa shape index (κ3) is 55.5.